The molecule has 48 valence electrons. The van der Waals surface area contributed by atoms with Crippen LogP contribution in [-0.2, 0) is 4.79 Å². The van der Waals surface area contributed by atoms with E-state index in [-0.39, 0.29) is 6.42 Å². The number of rotatable bonds is 3. The summed E-state index contributed by atoms with van der Waals surface area (Å²) in [5, 5.41) is 6.59. The van der Waals surface area contributed by atoms with Crippen LogP contribution in [0.15, 0.2) is 0 Å². The zero-order chi connectivity index (χ0) is 8.36. The number of carboxylic acid groups (broad SMARTS) is 1. The molecule has 3 N–H and O–H groups in total. The molecule has 3 nitrogen and oxygen atoms in total. The third kappa shape index (κ3) is 3.61. The standard InChI is InChI=1S/C4H6B3NO2/c5-4(6,7)2(8)1-3(9)10/h2H,1,8H2,(H,9,10). The predicted molar refractivity (Wildman–Crippen MR) is 40.2 cm³/mol. The monoisotopic (exact) mass is 133 g/mol. The number of hydrogen-bond acceptors (Lipinski definition) is 2. The average molecular weight is 133 g/mol. The van der Waals surface area contributed by atoms with Crippen molar-refractivity contribution < 1.29 is 9.90 Å². The minimum atomic E-state index is -1.61. The van der Waals surface area contributed by atoms with Gasteiger partial charge in [0.2, 0.25) is 0 Å². The molecular weight excluding hydrogens is 126 g/mol. The highest BCUT2D eigenvalue weighted by Crippen LogP contribution is 2.15. The van der Waals surface area contributed by atoms with E-state index in [4.69, 9.17) is 34.4 Å². The molecule has 0 heterocycles. The Labute approximate surface area is 63.6 Å². The number of carboxylic acids is 1. The highest BCUT2D eigenvalue weighted by Gasteiger charge is 2.21. The maximum atomic E-state index is 10.0. The summed E-state index contributed by atoms with van der Waals surface area (Å²) < 4.78 is 0. The van der Waals surface area contributed by atoms with Crippen molar-refractivity contribution >= 4 is 29.5 Å². The Bertz CT molecular complexity index is 133. The highest BCUT2D eigenvalue weighted by atomic mass is 16.4. The van der Waals surface area contributed by atoms with E-state index in [2.05, 4.69) is 0 Å². The molecule has 0 aliphatic carbocycles. The second-order valence-corrected chi connectivity index (χ2v) is 2.20. The van der Waals surface area contributed by atoms with Crippen molar-refractivity contribution in [2.75, 3.05) is 0 Å². The van der Waals surface area contributed by atoms with Crippen molar-refractivity contribution in [2.45, 2.75) is 17.6 Å². The second kappa shape index (κ2) is 3.15. The summed E-state index contributed by atoms with van der Waals surface area (Å²) in [4.78, 5) is 10.0. The molecule has 0 saturated heterocycles. The van der Waals surface area contributed by atoms with Crippen molar-refractivity contribution in [3.05, 3.63) is 0 Å². The summed E-state index contributed by atoms with van der Waals surface area (Å²) in [6.45, 7) is 0. The molecule has 0 saturated carbocycles. The van der Waals surface area contributed by atoms with Gasteiger partial charge in [0.25, 0.3) is 0 Å². The van der Waals surface area contributed by atoms with Crippen molar-refractivity contribution in [3.8, 4) is 0 Å². The zero-order valence-electron chi connectivity index (χ0n) is 5.45. The Kier molecular flexibility index (Phi) is 3.03. The number of nitrogens with two attached hydrogens (primary N) is 1. The second-order valence-electron chi connectivity index (χ2n) is 2.20. The zero-order valence-corrected chi connectivity index (χ0v) is 5.45. The molecule has 0 aromatic heterocycles. The smallest absolute Gasteiger partial charge is 0.304 e. The van der Waals surface area contributed by atoms with E-state index in [1.54, 1.807) is 0 Å². The third-order valence-electron chi connectivity index (χ3n) is 1.04. The summed E-state index contributed by atoms with van der Waals surface area (Å²) in [6.07, 6.45) is -0.330. The first-order valence-electron chi connectivity index (χ1n) is 2.68. The molecule has 0 aliphatic heterocycles. The molecule has 6 heteroatoms. The molecule has 0 aromatic carbocycles. The molecule has 0 amide bonds. The fourth-order valence-corrected chi connectivity index (χ4v) is 0.365. The van der Waals surface area contributed by atoms with E-state index < -0.39 is 17.1 Å². The van der Waals surface area contributed by atoms with Crippen molar-refractivity contribution in [1.29, 1.82) is 0 Å². The van der Waals surface area contributed by atoms with E-state index in [0.717, 1.165) is 0 Å². The van der Waals surface area contributed by atoms with Crippen LogP contribution < -0.4 is 5.73 Å². The van der Waals surface area contributed by atoms with E-state index in [0.29, 0.717) is 0 Å². The van der Waals surface area contributed by atoms with Gasteiger partial charge < -0.3 is 10.8 Å². The Morgan fingerprint density at radius 2 is 2.00 bits per heavy atom. The van der Waals surface area contributed by atoms with Gasteiger partial charge in [0, 0.05) is 0 Å². The molecule has 0 aliphatic rings. The lowest BCUT2D eigenvalue weighted by Crippen LogP contribution is -2.39. The SMILES string of the molecule is [B]C([B])([B])C(N)CC(=O)O. The Morgan fingerprint density at radius 3 is 2.10 bits per heavy atom. The van der Waals surface area contributed by atoms with Crippen LogP contribution in [0.4, 0.5) is 0 Å². The summed E-state index contributed by atoms with van der Waals surface area (Å²) in [6, 6.07) is -0.926. The molecule has 0 rings (SSSR count). The molecule has 1 atom stereocenters. The summed E-state index contributed by atoms with van der Waals surface area (Å²) in [5.74, 6) is -1.07. The van der Waals surface area contributed by atoms with Gasteiger partial charge in [-0.25, -0.2) is 0 Å². The molecule has 0 aromatic rings. The van der Waals surface area contributed by atoms with Gasteiger partial charge in [-0.15, -0.1) is 5.11 Å². The Morgan fingerprint density at radius 1 is 1.60 bits per heavy atom. The molecule has 0 bridgehead atoms. The van der Waals surface area contributed by atoms with E-state index in [9.17, 15) is 4.79 Å². The molecule has 10 heavy (non-hydrogen) atoms. The van der Waals surface area contributed by atoms with Crippen LogP contribution in [-0.4, -0.2) is 40.7 Å². The maximum Gasteiger partial charge on any atom is 0.304 e. The lowest BCUT2D eigenvalue weighted by Gasteiger charge is -2.26. The highest BCUT2D eigenvalue weighted by molar-refractivity contribution is 6.59. The van der Waals surface area contributed by atoms with Gasteiger partial charge >= 0.3 is 5.97 Å². The topological polar surface area (TPSA) is 63.3 Å². The first-order valence-corrected chi connectivity index (χ1v) is 2.68. The van der Waals surface area contributed by atoms with Crippen LogP contribution in [0.5, 0.6) is 0 Å². The van der Waals surface area contributed by atoms with E-state index >= 15 is 0 Å². The minimum Gasteiger partial charge on any atom is -0.481 e. The number of carbonyl (C=O) groups is 1. The predicted octanol–water partition coefficient (Wildman–Crippen LogP) is -1.63. The van der Waals surface area contributed by atoms with E-state index in [1.807, 2.05) is 0 Å². The van der Waals surface area contributed by atoms with Crippen molar-refractivity contribution in [2.24, 2.45) is 5.73 Å². The van der Waals surface area contributed by atoms with Crippen molar-refractivity contribution in [1.82, 2.24) is 0 Å². The van der Waals surface area contributed by atoms with Gasteiger partial charge in [0.1, 0.15) is 0 Å². The number of hydrogen-bond donors (Lipinski definition) is 2. The van der Waals surface area contributed by atoms with Crippen molar-refractivity contribution in [3.63, 3.8) is 0 Å². The molecule has 6 radical (unpaired) electrons. The fraction of sp³-hybridized carbons (Fsp3) is 0.750. The third-order valence-corrected chi connectivity index (χ3v) is 1.04. The van der Waals surface area contributed by atoms with Crippen LogP contribution in [0.25, 0.3) is 0 Å². The van der Waals surface area contributed by atoms with E-state index in [1.165, 1.54) is 0 Å². The fourth-order valence-electron chi connectivity index (χ4n) is 0.365. The summed E-state index contributed by atoms with van der Waals surface area (Å²) >= 11 is 0. The van der Waals surface area contributed by atoms with Crippen LogP contribution in [0.3, 0.4) is 0 Å². The number of aliphatic carboxylic acids is 1. The lowest BCUT2D eigenvalue weighted by atomic mass is 9.39. The molecule has 1 unspecified atom stereocenters. The maximum absolute atomic E-state index is 10.0. The normalized spacial score (nSPS) is 14.5. The lowest BCUT2D eigenvalue weighted by molar-refractivity contribution is -0.137. The Hall–Kier alpha value is -0.375. The largest absolute Gasteiger partial charge is 0.481 e. The van der Waals surface area contributed by atoms with Crippen LogP contribution in [0.2, 0.25) is 5.11 Å². The molecule has 0 spiro atoms. The van der Waals surface area contributed by atoms with Crippen LogP contribution >= 0.6 is 0 Å². The first-order chi connectivity index (χ1) is 4.34. The van der Waals surface area contributed by atoms with Gasteiger partial charge in [-0.1, -0.05) is 0 Å². The van der Waals surface area contributed by atoms with Gasteiger partial charge in [-0.05, 0) is 6.04 Å². The van der Waals surface area contributed by atoms with Crippen LogP contribution in [0.1, 0.15) is 6.42 Å². The molecule has 0 fully saturated rings. The van der Waals surface area contributed by atoms with Gasteiger partial charge in [0.05, 0.1) is 30.0 Å². The molecular formula is C4H6B3NO2. The van der Waals surface area contributed by atoms with Gasteiger partial charge in [0.15, 0.2) is 0 Å². The first kappa shape index (κ1) is 9.62. The quantitative estimate of drug-likeness (QED) is 0.453. The Balaban J connectivity index is 3.85. The summed E-state index contributed by atoms with van der Waals surface area (Å²) in [7, 11) is 15.3. The van der Waals surface area contributed by atoms with Crippen LogP contribution in [0, 0.1) is 0 Å². The van der Waals surface area contributed by atoms with Gasteiger partial charge in [-0.3, -0.25) is 4.79 Å². The summed E-state index contributed by atoms with van der Waals surface area (Å²) in [5.41, 5.74) is 5.20. The minimum absolute atomic E-state index is 0.330. The average Bonchev–Trinajstić information content (AvgIpc) is 1.60. The van der Waals surface area contributed by atoms with Gasteiger partial charge in [-0.2, -0.15) is 0 Å².